The second-order valence-corrected chi connectivity index (χ2v) is 8.93. The quantitative estimate of drug-likeness (QED) is 0.0794. The van der Waals surface area contributed by atoms with Crippen molar-refractivity contribution < 1.29 is 29.4 Å². The van der Waals surface area contributed by atoms with E-state index in [9.17, 15) is 29.4 Å². The molecule has 0 bridgehead atoms. The van der Waals surface area contributed by atoms with E-state index in [0.29, 0.717) is 31.4 Å². The van der Waals surface area contributed by atoms with E-state index in [-0.39, 0.29) is 24.0 Å². The van der Waals surface area contributed by atoms with Crippen LogP contribution in [0.2, 0.25) is 0 Å². The molecule has 5 atom stereocenters. The van der Waals surface area contributed by atoms with Crippen LogP contribution in [0.25, 0.3) is 0 Å². The average molecular weight is 522 g/mol. The van der Waals surface area contributed by atoms with Gasteiger partial charge in [0.15, 0.2) is 5.96 Å². The predicted molar refractivity (Wildman–Crippen MR) is 138 cm³/mol. The Morgan fingerprint density at radius 2 is 1.59 bits per heavy atom. The monoisotopic (exact) mass is 521 g/mol. The van der Waals surface area contributed by atoms with Gasteiger partial charge in [0.1, 0.15) is 23.9 Å². The fraction of sp³-hybridized carbons (Fsp3) is 0.542. The third-order valence-electron chi connectivity index (χ3n) is 5.84. The molecular formula is C24H39N7O6. The number of aliphatic imine (C=N–C) groups is 1. The molecule has 0 aliphatic rings. The average Bonchev–Trinajstić information content (AvgIpc) is 2.84. The molecule has 13 heteroatoms. The van der Waals surface area contributed by atoms with Gasteiger partial charge in [0, 0.05) is 13.0 Å². The van der Waals surface area contributed by atoms with Crippen LogP contribution in [0, 0.1) is 5.92 Å². The smallest absolute Gasteiger partial charge is 0.326 e. The number of phenolic OH excluding ortho intramolecular Hbond substituents is 1. The molecule has 1 aromatic rings. The number of guanidine groups is 1. The van der Waals surface area contributed by atoms with Gasteiger partial charge in [0.05, 0.1) is 6.04 Å². The summed E-state index contributed by atoms with van der Waals surface area (Å²) in [5.74, 6) is -3.37. The number of carboxylic acids is 1. The molecule has 11 N–H and O–H groups in total. The molecule has 37 heavy (non-hydrogen) atoms. The summed E-state index contributed by atoms with van der Waals surface area (Å²) >= 11 is 0. The molecule has 0 radical (unpaired) electrons. The maximum absolute atomic E-state index is 13.0. The Hall–Kier alpha value is -3.87. The first-order chi connectivity index (χ1) is 17.3. The summed E-state index contributed by atoms with van der Waals surface area (Å²) < 4.78 is 0. The lowest BCUT2D eigenvalue weighted by Crippen LogP contribution is -2.58. The Morgan fingerprint density at radius 3 is 2.14 bits per heavy atom. The van der Waals surface area contributed by atoms with E-state index in [1.165, 1.54) is 19.1 Å². The highest BCUT2D eigenvalue weighted by Crippen LogP contribution is 2.12. The van der Waals surface area contributed by atoms with Crippen molar-refractivity contribution in [1.82, 2.24) is 16.0 Å². The van der Waals surface area contributed by atoms with E-state index in [2.05, 4.69) is 20.9 Å². The van der Waals surface area contributed by atoms with Gasteiger partial charge in [0.2, 0.25) is 17.7 Å². The summed E-state index contributed by atoms with van der Waals surface area (Å²) in [6.45, 7) is 5.35. The van der Waals surface area contributed by atoms with Crippen LogP contribution in [-0.2, 0) is 25.6 Å². The van der Waals surface area contributed by atoms with Gasteiger partial charge in [-0.2, -0.15) is 0 Å². The van der Waals surface area contributed by atoms with Crippen LogP contribution in [0.3, 0.4) is 0 Å². The molecule has 0 aliphatic carbocycles. The Balaban J connectivity index is 2.76. The summed E-state index contributed by atoms with van der Waals surface area (Å²) in [7, 11) is 0. The zero-order valence-corrected chi connectivity index (χ0v) is 21.4. The molecular weight excluding hydrogens is 482 g/mol. The van der Waals surface area contributed by atoms with Crippen LogP contribution in [-0.4, -0.2) is 70.6 Å². The molecule has 206 valence electrons. The Labute approximate surface area is 216 Å². The van der Waals surface area contributed by atoms with Crippen LogP contribution in [0.5, 0.6) is 5.75 Å². The van der Waals surface area contributed by atoms with Gasteiger partial charge in [-0.3, -0.25) is 19.4 Å². The number of phenols is 1. The first-order valence-corrected chi connectivity index (χ1v) is 12.1. The fourth-order valence-electron chi connectivity index (χ4n) is 3.35. The van der Waals surface area contributed by atoms with E-state index in [0.717, 1.165) is 0 Å². The highest BCUT2D eigenvalue weighted by molar-refractivity contribution is 5.94. The molecule has 13 nitrogen and oxygen atoms in total. The van der Waals surface area contributed by atoms with Gasteiger partial charge in [-0.05, 0) is 43.4 Å². The number of carbonyl (C=O) groups is 4. The number of rotatable bonds is 15. The van der Waals surface area contributed by atoms with Crippen molar-refractivity contribution in [2.75, 3.05) is 6.54 Å². The lowest BCUT2D eigenvalue weighted by molar-refractivity contribution is -0.142. The van der Waals surface area contributed by atoms with Crippen LogP contribution >= 0.6 is 0 Å². The number of nitrogens with one attached hydrogen (secondary N) is 3. The maximum atomic E-state index is 13.0. The zero-order valence-electron chi connectivity index (χ0n) is 21.4. The number of nitrogens with two attached hydrogens (primary N) is 3. The highest BCUT2D eigenvalue weighted by Gasteiger charge is 2.31. The largest absolute Gasteiger partial charge is 0.508 e. The van der Waals surface area contributed by atoms with E-state index in [4.69, 9.17) is 17.2 Å². The van der Waals surface area contributed by atoms with E-state index in [1.54, 1.807) is 19.1 Å². The van der Waals surface area contributed by atoms with E-state index < -0.39 is 47.9 Å². The van der Waals surface area contributed by atoms with Crippen molar-refractivity contribution in [1.29, 1.82) is 0 Å². The van der Waals surface area contributed by atoms with Crippen molar-refractivity contribution in [3.05, 3.63) is 29.8 Å². The van der Waals surface area contributed by atoms with Gasteiger partial charge < -0.3 is 43.4 Å². The second-order valence-electron chi connectivity index (χ2n) is 8.93. The van der Waals surface area contributed by atoms with Gasteiger partial charge in [-0.25, -0.2) is 4.79 Å². The molecule has 1 rings (SSSR count). The number of carbonyl (C=O) groups excluding carboxylic acids is 3. The minimum atomic E-state index is -1.25. The number of carboxylic acid groups (broad SMARTS) is 1. The number of nitrogens with zero attached hydrogens (tertiary/aromatic N) is 1. The Morgan fingerprint density at radius 1 is 0.973 bits per heavy atom. The summed E-state index contributed by atoms with van der Waals surface area (Å²) in [4.78, 5) is 53.7. The highest BCUT2D eigenvalue weighted by atomic mass is 16.4. The minimum Gasteiger partial charge on any atom is -0.508 e. The zero-order chi connectivity index (χ0) is 28.1. The third-order valence-corrected chi connectivity index (χ3v) is 5.84. The normalized spacial score (nSPS) is 14.8. The van der Waals surface area contributed by atoms with Gasteiger partial charge in [-0.1, -0.05) is 32.4 Å². The number of hydrogen-bond donors (Lipinski definition) is 8. The molecule has 0 saturated carbocycles. The summed E-state index contributed by atoms with van der Waals surface area (Å²) in [5.41, 5.74) is 17.1. The van der Waals surface area contributed by atoms with Crippen LogP contribution in [0.4, 0.5) is 0 Å². The van der Waals surface area contributed by atoms with E-state index >= 15 is 0 Å². The van der Waals surface area contributed by atoms with Gasteiger partial charge >= 0.3 is 5.97 Å². The molecule has 0 heterocycles. The first kappa shape index (κ1) is 31.2. The SMILES string of the molecule is CCC(C)C(NC(=O)C(N)CCCN=C(N)N)C(=O)NC(C)C(=O)NC(Cc1ccc(O)cc1)C(=O)O. The van der Waals surface area contributed by atoms with Crippen LogP contribution < -0.4 is 33.2 Å². The number of amides is 3. The Bertz CT molecular complexity index is 949. The molecule has 0 fully saturated rings. The number of hydrogen-bond acceptors (Lipinski definition) is 7. The standard InChI is InChI=1S/C24H39N7O6/c1-4-13(2)19(31-21(34)17(25)6-5-11-28-24(26)27)22(35)29-14(3)20(33)30-18(23(36)37)12-15-7-9-16(32)10-8-15/h7-10,13-14,17-19,32H,4-6,11-12,25H2,1-3H3,(H,29,35)(H,30,33)(H,31,34)(H,36,37)(H4,26,27,28). The molecule has 0 spiro atoms. The van der Waals surface area contributed by atoms with Crippen molar-refractivity contribution in [3.63, 3.8) is 0 Å². The molecule has 1 aromatic carbocycles. The van der Waals surface area contributed by atoms with Gasteiger partial charge in [-0.15, -0.1) is 0 Å². The molecule has 0 aromatic heterocycles. The molecule has 0 aliphatic heterocycles. The Kier molecular flexibility index (Phi) is 12.9. The first-order valence-electron chi connectivity index (χ1n) is 12.1. The number of aromatic hydroxyl groups is 1. The summed E-state index contributed by atoms with van der Waals surface area (Å²) in [5, 5.41) is 26.5. The maximum Gasteiger partial charge on any atom is 0.326 e. The third kappa shape index (κ3) is 11.2. The fourth-order valence-corrected chi connectivity index (χ4v) is 3.35. The predicted octanol–water partition coefficient (Wildman–Crippen LogP) is -1.08. The molecule has 5 unspecified atom stereocenters. The lowest BCUT2D eigenvalue weighted by Gasteiger charge is -2.27. The molecule has 0 saturated heterocycles. The van der Waals surface area contributed by atoms with Crippen molar-refractivity contribution >= 4 is 29.7 Å². The number of aliphatic carboxylic acids is 1. The summed E-state index contributed by atoms with van der Waals surface area (Å²) in [6.07, 6.45) is 1.31. The minimum absolute atomic E-state index is 0.0192. The lowest BCUT2D eigenvalue weighted by atomic mass is 9.97. The van der Waals surface area contributed by atoms with Crippen LogP contribution in [0.15, 0.2) is 29.3 Å². The van der Waals surface area contributed by atoms with Crippen LogP contribution in [0.1, 0.15) is 45.6 Å². The summed E-state index contributed by atoms with van der Waals surface area (Å²) in [6, 6.07) is 1.76. The van der Waals surface area contributed by atoms with E-state index in [1.807, 2.05) is 6.92 Å². The number of benzene rings is 1. The van der Waals surface area contributed by atoms with Crippen molar-refractivity contribution in [2.45, 2.75) is 70.6 Å². The molecule has 3 amide bonds. The van der Waals surface area contributed by atoms with Crippen molar-refractivity contribution in [2.24, 2.45) is 28.1 Å². The second kappa shape index (κ2) is 15.3. The topological polar surface area (TPSA) is 235 Å². The van der Waals surface area contributed by atoms with Gasteiger partial charge in [0.25, 0.3) is 0 Å². The van der Waals surface area contributed by atoms with Crippen molar-refractivity contribution in [3.8, 4) is 5.75 Å².